The Morgan fingerprint density at radius 3 is 2.74 bits per heavy atom. The smallest absolute Gasteiger partial charge is 0.338 e. The Labute approximate surface area is 112 Å². The van der Waals surface area contributed by atoms with Crippen LogP contribution in [0.3, 0.4) is 0 Å². The molecule has 1 heterocycles. The molecule has 5 nitrogen and oxygen atoms in total. The van der Waals surface area contributed by atoms with Gasteiger partial charge in [-0.2, -0.15) is 0 Å². The van der Waals surface area contributed by atoms with E-state index < -0.39 is 6.29 Å². The first-order chi connectivity index (χ1) is 9.22. The molecule has 0 spiro atoms. The van der Waals surface area contributed by atoms with Crippen LogP contribution in [0.15, 0.2) is 30.3 Å². The lowest BCUT2D eigenvalue weighted by Crippen LogP contribution is -2.40. The van der Waals surface area contributed by atoms with Gasteiger partial charge in [0.1, 0.15) is 6.10 Å². The van der Waals surface area contributed by atoms with Crippen LogP contribution in [-0.2, 0) is 14.2 Å². The molecule has 0 aliphatic carbocycles. The lowest BCUT2D eigenvalue weighted by atomic mass is 10.1. The van der Waals surface area contributed by atoms with E-state index in [1.807, 2.05) is 6.07 Å². The van der Waals surface area contributed by atoms with Gasteiger partial charge in [-0.3, -0.25) is 0 Å². The third kappa shape index (κ3) is 3.76. The van der Waals surface area contributed by atoms with E-state index in [0.717, 1.165) is 0 Å². The molecule has 1 aromatic carbocycles. The predicted octanol–water partition coefficient (Wildman–Crippen LogP) is 1.36. The number of rotatable bonds is 4. The molecular weight excluding hydrogens is 248 g/mol. The molecule has 1 aliphatic heterocycles. The van der Waals surface area contributed by atoms with E-state index in [1.54, 1.807) is 24.3 Å². The van der Waals surface area contributed by atoms with Gasteiger partial charge >= 0.3 is 5.97 Å². The number of ether oxygens (including phenoxy) is 3. The van der Waals surface area contributed by atoms with Gasteiger partial charge in [-0.1, -0.05) is 18.2 Å². The van der Waals surface area contributed by atoms with Crippen LogP contribution >= 0.6 is 0 Å². The van der Waals surface area contributed by atoms with Crippen molar-refractivity contribution in [1.29, 1.82) is 0 Å². The zero-order valence-corrected chi connectivity index (χ0v) is 10.8. The van der Waals surface area contributed by atoms with E-state index in [1.165, 1.54) is 7.11 Å². The molecule has 0 saturated carbocycles. The number of aliphatic hydroxyl groups is 1. The molecule has 1 aliphatic rings. The summed E-state index contributed by atoms with van der Waals surface area (Å²) < 4.78 is 16.0. The van der Waals surface area contributed by atoms with Crippen LogP contribution in [0.2, 0.25) is 0 Å². The molecule has 0 bridgehead atoms. The van der Waals surface area contributed by atoms with Crippen molar-refractivity contribution in [1.82, 2.24) is 0 Å². The quantitative estimate of drug-likeness (QED) is 0.833. The van der Waals surface area contributed by atoms with Gasteiger partial charge in [0, 0.05) is 20.0 Å². The molecule has 19 heavy (non-hydrogen) atoms. The van der Waals surface area contributed by atoms with Crippen molar-refractivity contribution in [3.8, 4) is 0 Å². The Balaban J connectivity index is 1.96. The topological polar surface area (TPSA) is 65.0 Å². The number of hydrogen-bond donors (Lipinski definition) is 1. The number of methoxy groups -OCH3 is 1. The molecule has 0 amide bonds. The van der Waals surface area contributed by atoms with Gasteiger partial charge in [0.15, 0.2) is 6.29 Å². The average Bonchev–Trinajstić information content (AvgIpc) is 2.47. The van der Waals surface area contributed by atoms with Crippen molar-refractivity contribution in [3.63, 3.8) is 0 Å². The average molecular weight is 266 g/mol. The molecule has 0 aromatic heterocycles. The minimum Gasteiger partial charge on any atom is -0.458 e. The van der Waals surface area contributed by atoms with E-state index in [9.17, 15) is 4.79 Å². The lowest BCUT2D eigenvalue weighted by molar-refractivity contribution is -0.210. The highest BCUT2D eigenvalue weighted by Crippen LogP contribution is 2.23. The zero-order chi connectivity index (χ0) is 13.7. The fourth-order valence-electron chi connectivity index (χ4n) is 2.09. The molecule has 104 valence electrons. The number of carbonyl (C=O) groups is 1. The third-order valence-corrected chi connectivity index (χ3v) is 3.08. The Bertz CT molecular complexity index is 394. The van der Waals surface area contributed by atoms with E-state index >= 15 is 0 Å². The first kappa shape index (κ1) is 14.0. The second-order valence-electron chi connectivity index (χ2n) is 4.47. The third-order valence-electron chi connectivity index (χ3n) is 3.08. The van der Waals surface area contributed by atoms with Crippen molar-refractivity contribution in [2.45, 2.75) is 31.3 Å². The molecule has 1 N–H and O–H groups in total. The molecule has 1 saturated heterocycles. The van der Waals surface area contributed by atoms with Gasteiger partial charge in [0.2, 0.25) is 0 Å². The first-order valence-corrected chi connectivity index (χ1v) is 6.28. The molecule has 5 heteroatoms. The van der Waals surface area contributed by atoms with Gasteiger partial charge in [-0.15, -0.1) is 0 Å². The van der Waals surface area contributed by atoms with Crippen molar-refractivity contribution in [2.24, 2.45) is 0 Å². The minimum atomic E-state index is -0.445. The monoisotopic (exact) mass is 266 g/mol. The summed E-state index contributed by atoms with van der Waals surface area (Å²) in [4.78, 5) is 11.9. The fourth-order valence-corrected chi connectivity index (χ4v) is 2.09. The Morgan fingerprint density at radius 2 is 2.11 bits per heavy atom. The number of benzene rings is 1. The Hall–Kier alpha value is -1.43. The summed E-state index contributed by atoms with van der Waals surface area (Å²) in [6.07, 6.45) is -0.143. The number of carbonyl (C=O) groups excluding carboxylic acids is 1. The summed E-state index contributed by atoms with van der Waals surface area (Å²) in [5.41, 5.74) is 0.517. The highest BCUT2D eigenvalue weighted by molar-refractivity contribution is 5.89. The van der Waals surface area contributed by atoms with Crippen LogP contribution in [0.4, 0.5) is 0 Å². The maximum Gasteiger partial charge on any atom is 0.338 e. The normalized spacial score (nSPS) is 26.9. The van der Waals surface area contributed by atoms with Crippen LogP contribution in [0, 0.1) is 0 Å². The summed E-state index contributed by atoms with van der Waals surface area (Å²) in [6, 6.07) is 8.83. The van der Waals surface area contributed by atoms with Crippen molar-refractivity contribution >= 4 is 5.97 Å². The predicted molar refractivity (Wildman–Crippen MR) is 67.6 cm³/mol. The second kappa shape index (κ2) is 6.65. The summed E-state index contributed by atoms with van der Waals surface area (Å²) in [5.74, 6) is -0.362. The van der Waals surface area contributed by atoms with Crippen LogP contribution in [0.25, 0.3) is 0 Å². The first-order valence-electron chi connectivity index (χ1n) is 6.28. The van der Waals surface area contributed by atoms with Crippen LogP contribution in [0.1, 0.15) is 23.2 Å². The standard InChI is InChI=1S/C14H18O5/c1-17-13-8-11(7-12(9-15)18-13)19-14(16)10-5-3-2-4-6-10/h2-6,11-13,15H,7-9H2,1H3/t11-,12-,13-/m0/s1. The molecule has 3 atom stereocenters. The van der Waals surface area contributed by atoms with E-state index in [-0.39, 0.29) is 24.8 Å². The summed E-state index contributed by atoms with van der Waals surface area (Å²) in [5, 5.41) is 9.15. The lowest BCUT2D eigenvalue weighted by Gasteiger charge is -2.33. The molecule has 1 aromatic rings. The molecule has 0 radical (unpaired) electrons. The van der Waals surface area contributed by atoms with Gasteiger partial charge in [-0.25, -0.2) is 4.79 Å². The van der Waals surface area contributed by atoms with E-state index in [2.05, 4.69) is 0 Å². The Morgan fingerprint density at radius 1 is 1.37 bits per heavy atom. The van der Waals surface area contributed by atoms with Crippen molar-refractivity contribution < 1.29 is 24.1 Å². The largest absolute Gasteiger partial charge is 0.458 e. The fraction of sp³-hybridized carbons (Fsp3) is 0.500. The molecule has 1 fully saturated rings. The Kier molecular flexibility index (Phi) is 4.90. The number of esters is 1. The van der Waals surface area contributed by atoms with E-state index in [0.29, 0.717) is 18.4 Å². The molecular formula is C14H18O5. The van der Waals surface area contributed by atoms with Crippen molar-refractivity contribution in [3.05, 3.63) is 35.9 Å². The van der Waals surface area contributed by atoms with Gasteiger partial charge in [-0.05, 0) is 12.1 Å². The van der Waals surface area contributed by atoms with Crippen molar-refractivity contribution in [2.75, 3.05) is 13.7 Å². The van der Waals surface area contributed by atoms with Gasteiger partial charge < -0.3 is 19.3 Å². The molecule has 0 unspecified atom stereocenters. The zero-order valence-electron chi connectivity index (χ0n) is 10.8. The van der Waals surface area contributed by atoms with E-state index in [4.69, 9.17) is 19.3 Å². The van der Waals surface area contributed by atoms with Gasteiger partial charge in [0.05, 0.1) is 18.3 Å². The van der Waals surface area contributed by atoms with Crippen LogP contribution < -0.4 is 0 Å². The maximum atomic E-state index is 11.9. The number of hydrogen-bond acceptors (Lipinski definition) is 5. The minimum absolute atomic E-state index is 0.112. The summed E-state index contributed by atoms with van der Waals surface area (Å²) >= 11 is 0. The summed E-state index contributed by atoms with van der Waals surface area (Å²) in [6.45, 7) is -0.112. The highest BCUT2D eigenvalue weighted by Gasteiger charge is 2.31. The summed E-state index contributed by atoms with van der Waals surface area (Å²) in [7, 11) is 1.53. The second-order valence-corrected chi connectivity index (χ2v) is 4.47. The maximum absolute atomic E-state index is 11.9. The van der Waals surface area contributed by atoms with Gasteiger partial charge in [0.25, 0.3) is 0 Å². The van der Waals surface area contributed by atoms with Crippen LogP contribution in [0.5, 0.6) is 0 Å². The van der Waals surface area contributed by atoms with Crippen LogP contribution in [-0.4, -0.2) is 43.3 Å². The SMILES string of the molecule is CO[C@@H]1C[C@@H](OC(=O)c2ccccc2)C[C@@H](CO)O1. The molecule has 2 rings (SSSR count). The highest BCUT2D eigenvalue weighted by atomic mass is 16.7. The number of aliphatic hydroxyl groups excluding tert-OH is 1.